The van der Waals surface area contributed by atoms with Gasteiger partial charge in [-0.1, -0.05) is 24.3 Å². The van der Waals surface area contributed by atoms with Crippen LogP contribution in [0.15, 0.2) is 42.5 Å². The van der Waals surface area contributed by atoms with Crippen molar-refractivity contribution in [3.05, 3.63) is 59.2 Å². The maximum Gasteiger partial charge on any atom is 0.234 e. The summed E-state index contributed by atoms with van der Waals surface area (Å²) in [4.78, 5) is 16.9. The summed E-state index contributed by atoms with van der Waals surface area (Å²) >= 11 is 0. The summed E-state index contributed by atoms with van der Waals surface area (Å²) in [6.07, 6.45) is 1.02. The van der Waals surface area contributed by atoms with E-state index < -0.39 is 0 Å². The molecule has 160 valence electrons. The minimum Gasteiger partial charge on any atom is -0.493 e. The molecule has 2 aliphatic rings. The Hall–Kier alpha value is -2.57. The Kier molecular flexibility index (Phi) is 6.87. The normalized spacial score (nSPS) is 16.7. The number of nitrogens with one attached hydrogen (secondary N) is 1. The highest BCUT2D eigenvalue weighted by Gasteiger charge is 2.20. The fourth-order valence-corrected chi connectivity index (χ4v) is 4.03. The number of amides is 1. The highest BCUT2D eigenvalue weighted by Crippen LogP contribution is 2.26. The van der Waals surface area contributed by atoms with Crippen molar-refractivity contribution >= 4 is 5.91 Å². The van der Waals surface area contributed by atoms with Gasteiger partial charge in [-0.05, 0) is 41.8 Å². The lowest BCUT2D eigenvalue weighted by atomic mass is 10.1. The van der Waals surface area contributed by atoms with Crippen LogP contribution in [-0.2, 0) is 17.8 Å². The molecule has 30 heavy (non-hydrogen) atoms. The predicted molar refractivity (Wildman–Crippen MR) is 117 cm³/mol. The van der Waals surface area contributed by atoms with E-state index in [0.717, 1.165) is 57.3 Å². The van der Waals surface area contributed by atoms with E-state index >= 15 is 0 Å². The number of nitrogens with zero attached hydrogens (tertiary/aromatic N) is 2. The Balaban J connectivity index is 1.12. The average molecular weight is 410 g/mol. The minimum absolute atomic E-state index is 0.0647. The predicted octanol–water partition coefficient (Wildman–Crippen LogP) is 2.24. The third-order valence-electron chi connectivity index (χ3n) is 5.67. The van der Waals surface area contributed by atoms with E-state index in [4.69, 9.17) is 9.47 Å². The maximum atomic E-state index is 12.2. The van der Waals surface area contributed by atoms with Crippen molar-refractivity contribution in [2.24, 2.45) is 0 Å². The van der Waals surface area contributed by atoms with E-state index in [1.807, 2.05) is 31.2 Å². The standard InChI is InChI=1S/C24H31N3O3/c1-19-3-2-4-22(15-19)29-14-8-25-24(28)18-27-11-9-26(10-12-27)17-20-5-6-23-21(16-20)7-13-30-23/h2-6,15-16H,7-14,17-18H2,1H3,(H,25,28). The van der Waals surface area contributed by atoms with Crippen molar-refractivity contribution in [3.63, 3.8) is 0 Å². The summed E-state index contributed by atoms with van der Waals surface area (Å²) < 4.78 is 11.3. The number of hydrogen-bond donors (Lipinski definition) is 1. The van der Waals surface area contributed by atoms with Gasteiger partial charge >= 0.3 is 0 Å². The van der Waals surface area contributed by atoms with Gasteiger partial charge < -0.3 is 14.8 Å². The van der Waals surface area contributed by atoms with Crippen LogP contribution in [0.1, 0.15) is 16.7 Å². The molecule has 1 N–H and O–H groups in total. The van der Waals surface area contributed by atoms with Gasteiger partial charge in [-0.25, -0.2) is 0 Å². The molecule has 0 saturated carbocycles. The third kappa shape index (κ3) is 5.74. The van der Waals surface area contributed by atoms with Crippen LogP contribution >= 0.6 is 0 Å². The number of piperazine rings is 1. The fraction of sp³-hybridized carbons (Fsp3) is 0.458. The zero-order valence-corrected chi connectivity index (χ0v) is 17.7. The quantitative estimate of drug-likeness (QED) is 0.678. The van der Waals surface area contributed by atoms with Gasteiger partial charge in [-0.3, -0.25) is 14.6 Å². The van der Waals surface area contributed by atoms with Crippen molar-refractivity contribution in [2.75, 3.05) is 52.5 Å². The molecule has 2 aliphatic heterocycles. The smallest absolute Gasteiger partial charge is 0.234 e. The Labute approximate surface area is 178 Å². The number of rotatable bonds is 8. The van der Waals surface area contributed by atoms with Gasteiger partial charge in [0, 0.05) is 39.1 Å². The first-order chi connectivity index (χ1) is 14.7. The molecule has 1 fully saturated rings. The molecule has 2 aromatic rings. The second kappa shape index (κ2) is 9.96. The van der Waals surface area contributed by atoms with Crippen molar-refractivity contribution in [2.45, 2.75) is 19.9 Å². The van der Waals surface area contributed by atoms with Crippen LogP contribution in [0.3, 0.4) is 0 Å². The monoisotopic (exact) mass is 409 g/mol. The number of benzene rings is 2. The second-order valence-electron chi connectivity index (χ2n) is 8.11. The van der Waals surface area contributed by atoms with E-state index in [-0.39, 0.29) is 5.91 Å². The summed E-state index contributed by atoms with van der Waals surface area (Å²) in [5, 5.41) is 2.96. The SMILES string of the molecule is Cc1cccc(OCCNC(=O)CN2CCN(Cc3ccc4c(c3)CCO4)CC2)c1. The average Bonchev–Trinajstić information content (AvgIpc) is 3.21. The zero-order chi connectivity index (χ0) is 20.8. The molecule has 4 rings (SSSR count). The Bertz CT molecular complexity index is 863. The number of carbonyl (C=O) groups excluding carboxylic acids is 1. The van der Waals surface area contributed by atoms with Gasteiger partial charge in [0.15, 0.2) is 0 Å². The lowest BCUT2D eigenvalue weighted by molar-refractivity contribution is -0.122. The van der Waals surface area contributed by atoms with E-state index in [2.05, 4.69) is 33.3 Å². The van der Waals surface area contributed by atoms with Crippen molar-refractivity contribution in [1.29, 1.82) is 0 Å². The van der Waals surface area contributed by atoms with Gasteiger partial charge in [-0.15, -0.1) is 0 Å². The van der Waals surface area contributed by atoms with Gasteiger partial charge in [0.2, 0.25) is 5.91 Å². The summed E-state index contributed by atoms with van der Waals surface area (Å²) in [6.45, 7) is 9.06. The zero-order valence-electron chi connectivity index (χ0n) is 17.7. The van der Waals surface area contributed by atoms with Crippen LogP contribution in [0.2, 0.25) is 0 Å². The third-order valence-corrected chi connectivity index (χ3v) is 5.67. The molecule has 0 aromatic heterocycles. The largest absolute Gasteiger partial charge is 0.493 e. The number of hydrogen-bond acceptors (Lipinski definition) is 5. The minimum atomic E-state index is 0.0647. The summed E-state index contributed by atoms with van der Waals surface area (Å²) in [5.74, 6) is 1.95. The molecule has 0 radical (unpaired) electrons. The molecule has 6 nitrogen and oxygen atoms in total. The van der Waals surface area contributed by atoms with Gasteiger partial charge in [0.05, 0.1) is 19.7 Å². The molecule has 2 heterocycles. The van der Waals surface area contributed by atoms with Crippen molar-refractivity contribution in [3.8, 4) is 11.5 Å². The summed E-state index contributed by atoms with van der Waals surface area (Å²) in [7, 11) is 0. The van der Waals surface area contributed by atoms with Crippen LogP contribution < -0.4 is 14.8 Å². The number of carbonyl (C=O) groups is 1. The van der Waals surface area contributed by atoms with Gasteiger partial charge in [0.25, 0.3) is 0 Å². The lowest BCUT2D eigenvalue weighted by Crippen LogP contribution is -2.49. The van der Waals surface area contributed by atoms with Gasteiger partial charge in [0.1, 0.15) is 18.1 Å². The van der Waals surface area contributed by atoms with E-state index in [1.165, 1.54) is 16.7 Å². The molecule has 2 aromatic carbocycles. The number of aryl methyl sites for hydroxylation is 1. The van der Waals surface area contributed by atoms with Crippen LogP contribution in [0.4, 0.5) is 0 Å². The van der Waals surface area contributed by atoms with Gasteiger partial charge in [-0.2, -0.15) is 0 Å². The molecule has 0 aliphatic carbocycles. The van der Waals surface area contributed by atoms with E-state index in [9.17, 15) is 4.79 Å². The molecular formula is C24H31N3O3. The molecule has 0 unspecified atom stereocenters. The Morgan fingerprint density at radius 1 is 1.10 bits per heavy atom. The molecule has 6 heteroatoms. The molecule has 1 saturated heterocycles. The fourth-order valence-electron chi connectivity index (χ4n) is 4.03. The highest BCUT2D eigenvalue weighted by atomic mass is 16.5. The summed E-state index contributed by atoms with van der Waals surface area (Å²) in [5.41, 5.74) is 3.84. The number of ether oxygens (including phenoxy) is 2. The first kappa shape index (κ1) is 20.7. The van der Waals surface area contributed by atoms with E-state index in [0.29, 0.717) is 19.7 Å². The highest BCUT2D eigenvalue weighted by molar-refractivity contribution is 5.78. The Morgan fingerprint density at radius 3 is 2.77 bits per heavy atom. The molecule has 0 bridgehead atoms. The van der Waals surface area contributed by atoms with Crippen LogP contribution in [-0.4, -0.2) is 68.2 Å². The lowest BCUT2D eigenvalue weighted by Gasteiger charge is -2.34. The molecular weight excluding hydrogens is 378 g/mol. The second-order valence-corrected chi connectivity index (χ2v) is 8.11. The maximum absolute atomic E-state index is 12.2. The molecule has 1 amide bonds. The van der Waals surface area contributed by atoms with E-state index in [1.54, 1.807) is 0 Å². The molecule has 0 atom stereocenters. The first-order valence-corrected chi connectivity index (χ1v) is 10.8. The van der Waals surface area contributed by atoms with Crippen LogP contribution in [0, 0.1) is 6.92 Å². The summed E-state index contributed by atoms with van der Waals surface area (Å²) in [6, 6.07) is 14.5. The molecule has 0 spiro atoms. The Morgan fingerprint density at radius 2 is 1.93 bits per heavy atom. The van der Waals surface area contributed by atoms with Crippen molar-refractivity contribution < 1.29 is 14.3 Å². The topological polar surface area (TPSA) is 54.0 Å². The van der Waals surface area contributed by atoms with Crippen LogP contribution in [0.5, 0.6) is 11.5 Å². The number of fused-ring (bicyclic) bond motifs is 1. The van der Waals surface area contributed by atoms with Crippen molar-refractivity contribution in [1.82, 2.24) is 15.1 Å². The first-order valence-electron chi connectivity index (χ1n) is 10.8. The van der Waals surface area contributed by atoms with Crippen LogP contribution in [0.25, 0.3) is 0 Å².